The smallest absolute Gasteiger partial charge is 0.340 e. The van der Waals surface area contributed by atoms with Gasteiger partial charge >= 0.3 is 5.97 Å². The first kappa shape index (κ1) is 15.6. The van der Waals surface area contributed by atoms with Crippen molar-refractivity contribution in [3.63, 3.8) is 0 Å². The average molecular weight is 378 g/mol. The number of ether oxygens (including phenoxy) is 1. The summed E-state index contributed by atoms with van der Waals surface area (Å²) in [6.07, 6.45) is 0. The van der Waals surface area contributed by atoms with E-state index >= 15 is 0 Å². The zero-order valence-electron chi connectivity index (χ0n) is 10.7. The molecule has 0 aliphatic carbocycles. The summed E-state index contributed by atoms with van der Waals surface area (Å²) in [4.78, 5) is 11.6. The van der Waals surface area contributed by atoms with Crippen LogP contribution in [0.15, 0.2) is 47.4 Å². The molecule has 0 aromatic heterocycles. The van der Waals surface area contributed by atoms with Crippen LogP contribution in [-0.2, 0) is 18.8 Å². The molecule has 0 saturated heterocycles. The Kier molecular flexibility index (Phi) is 3.64. The second kappa shape index (κ2) is 5.13. The summed E-state index contributed by atoms with van der Waals surface area (Å²) in [5.74, 6) is -0.587. The van der Waals surface area contributed by atoms with E-state index in [1.54, 1.807) is 24.3 Å². The third kappa shape index (κ3) is 2.38. The number of hydrogen-bond acceptors (Lipinski definition) is 4. The van der Waals surface area contributed by atoms with Gasteiger partial charge in [-0.1, -0.05) is 47.5 Å². The van der Waals surface area contributed by atoms with Gasteiger partial charge in [0, 0.05) is 21.8 Å². The first-order valence-corrected chi connectivity index (χ1v) is 9.06. The van der Waals surface area contributed by atoms with Crippen molar-refractivity contribution >= 4 is 48.9 Å². The number of rotatable bonds is 2. The molecule has 0 N–H and O–H groups in total. The number of cyclic esters (lactones) is 1. The average Bonchev–Trinajstić information content (AvgIpc) is 2.71. The van der Waals surface area contributed by atoms with Crippen LogP contribution in [0.4, 0.5) is 0 Å². The molecule has 2 aromatic carbocycles. The predicted octanol–water partition coefficient (Wildman–Crippen LogP) is 3.88. The van der Waals surface area contributed by atoms with Crippen molar-refractivity contribution in [2.75, 3.05) is 0 Å². The number of esters is 1. The molecule has 22 heavy (non-hydrogen) atoms. The van der Waals surface area contributed by atoms with Gasteiger partial charge in [-0.3, -0.25) is 0 Å². The van der Waals surface area contributed by atoms with Crippen molar-refractivity contribution in [1.82, 2.24) is 0 Å². The maximum absolute atomic E-state index is 11.9. The van der Waals surface area contributed by atoms with Crippen molar-refractivity contribution < 1.29 is 17.9 Å². The topological polar surface area (TPSA) is 60.4 Å². The van der Waals surface area contributed by atoms with Gasteiger partial charge in [0.15, 0.2) is 0 Å². The van der Waals surface area contributed by atoms with E-state index in [9.17, 15) is 13.2 Å². The maximum Gasteiger partial charge on any atom is 0.340 e. The molecule has 0 amide bonds. The van der Waals surface area contributed by atoms with Gasteiger partial charge in [-0.05, 0) is 18.2 Å². The Morgan fingerprint density at radius 1 is 1.09 bits per heavy atom. The number of carbonyl (C=O) groups is 1. The fourth-order valence-electron chi connectivity index (χ4n) is 2.28. The van der Waals surface area contributed by atoms with Crippen LogP contribution in [0.5, 0.6) is 0 Å². The molecular weight excluding hydrogens is 371 g/mol. The lowest BCUT2D eigenvalue weighted by molar-refractivity contribution is 0.0366. The number of benzene rings is 2. The highest BCUT2D eigenvalue weighted by Gasteiger charge is 2.45. The van der Waals surface area contributed by atoms with E-state index in [1.807, 2.05) is 0 Å². The van der Waals surface area contributed by atoms with Crippen molar-refractivity contribution in [2.24, 2.45) is 0 Å². The minimum Gasteiger partial charge on any atom is -0.431 e. The van der Waals surface area contributed by atoms with Crippen LogP contribution < -0.4 is 0 Å². The maximum atomic E-state index is 11.9. The highest BCUT2D eigenvalue weighted by molar-refractivity contribution is 8.13. The summed E-state index contributed by atoms with van der Waals surface area (Å²) in [7, 11) is 1.29. The van der Waals surface area contributed by atoms with Crippen LogP contribution >= 0.6 is 33.9 Å². The van der Waals surface area contributed by atoms with Crippen molar-refractivity contribution in [3.8, 4) is 0 Å². The largest absolute Gasteiger partial charge is 0.431 e. The Morgan fingerprint density at radius 2 is 1.77 bits per heavy atom. The van der Waals surface area contributed by atoms with Gasteiger partial charge in [-0.15, -0.1) is 0 Å². The molecule has 3 rings (SSSR count). The van der Waals surface area contributed by atoms with Crippen LogP contribution in [0.3, 0.4) is 0 Å². The van der Waals surface area contributed by atoms with E-state index in [0.717, 1.165) is 0 Å². The molecule has 1 aliphatic rings. The predicted molar refractivity (Wildman–Crippen MR) is 83.0 cm³/mol. The summed E-state index contributed by atoms with van der Waals surface area (Å²) in [6, 6.07) is 10.6. The number of halogens is 3. The lowest BCUT2D eigenvalue weighted by Crippen LogP contribution is -2.20. The Morgan fingerprint density at radius 3 is 2.45 bits per heavy atom. The van der Waals surface area contributed by atoms with Gasteiger partial charge in [-0.25, -0.2) is 13.2 Å². The Balaban J connectivity index is 2.23. The van der Waals surface area contributed by atoms with Gasteiger partial charge < -0.3 is 4.74 Å². The van der Waals surface area contributed by atoms with E-state index < -0.39 is 20.1 Å². The molecule has 2 aromatic rings. The zero-order valence-corrected chi connectivity index (χ0v) is 13.8. The Labute approximate surface area is 141 Å². The first-order chi connectivity index (χ1) is 10.2. The highest BCUT2D eigenvalue weighted by atomic mass is 35.7. The summed E-state index contributed by atoms with van der Waals surface area (Å²) >= 11 is 12.3. The molecule has 8 heteroatoms. The number of alkyl halides is 1. The number of fused-ring (bicyclic) bond motifs is 1. The first-order valence-electron chi connectivity index (χ1n) is 6.00. The summed E-state index contributed by atoms with van der Waals surface area (Å²) in [5, 5.41) is -1.66. The SMILES string of the molecule is O=C1OC(Cl)(c2ccc(Cl)c(S(=O)(=O)Cl)c2)c2ccccc21. The molecule has 0 bridgehead atoms. The molecule has 4 nitrogen and oxygen atoms in total. The lowest BCUT2D eigenvalue weighted by atomic mass is 9.99. The second-order valence-corrected chi connectivity index (χ2v) is 8.09. The Hall–Kier alpha value is -1.27. The third-order valence-electron chi connectivity index (χ3n) is 3.29. The summed E-state index contributed by atoms with van der Waals surface area (Å²) < 4.78 is 28.4. The van der Waals surface area contributed by atoms with Crippen LogP contribution in [0.2, 0.25) is 5.02 Å². The fourth-order valence-corrected chi connectivity index (χ4v) is 4.13. The molecule has 114 valence electrons. The molecule has 0 spiro atoms. The minimum absolute atomic E-state index is 0.0448. The zero-order chi connectivity index (χ0) is 16.1. The van der Waals surface area contributed by atoms with E-state index in [4.69, 9.17) is 38.6 Å². The van der Waals surface area contributed by atoms with Crippen LogP contribution in [-0.4, -0.2) is 14.4 Å². The van der Waals surface area contributed by atoms with Gasteiger partial charge in [0.25, 0.3) is 9.05 Å². The highest BCUT2D eigenvalue weighted by Crippen LogP contribution is 2.46. The van der Waals surface area contributed by atoms with Crippen LogP contribution in [0.1, 0.15) is 21.5 Å². The lowest BCUT2D eigenvalue weighted by Gasteiger charge is -2.22. The molecule has 1 unspecified atom stereocenters. The monoisotopic (exact) mass is 376 g/mol. The molecular formula is C14H7Cl3O4S. The standard InChI is InChI=1S/C14H7Cl3O4S/c15-11-6-5-8(7-12(11)22(17,19)20)14(16)10-4-2-1-3-9(10)13(18)21-14/h1-7H. The van der Waals surface area contributed by atoms with E-state index in [-0.39, 0.29) is 15.5 Å². The Bertz CT molecular complexity index is 895. The molecule has 0 saturated carbocycles. The molecule has 1 heterocycles. The molecule has 1 atom stereocenters. The van der Waals surface area contributed by atoms with E-state index in [2.05, 4.69) is 0 Å². The number of carbonyl (C=O) groups excluding carboxylic acids is 1. The van der Waals surface area contributed by atoms with Crippen molar-refractivity contribution in [2.45, 2.75) is 9.96 Å². The molecule has 0 fully saturated rings. The molecule has 1 aliphatic heterocycles. The van der Waals surface area contributed by atoms with Gasteiger partial charge in [0.1, 0.15) is 4.90 Å². The second-order valence-electron chi connectivity index (χ2n) is 4.61. The number of hydrogen-bond donors (Lipinski definition) is 0. The third-order valence-corrected chi connectivity index (χ3v) is 5.59. The normalized spacial score (nSPS) is 20.6. The summed E-state index contributed by atoms with van der Waals surface area (Å²) in [6.45, 7) is 0. The quantitative estimate of drug-likeness (QED) is 0.453. The van der Waals surface area contributed by atoms with Gasteiger partial charge in [0.2, 0.25) is 5.06 Å². The van der Waals surface area contributed by atoms with Crippen molar-refractivity contribution in [1.29, 1.82) is 0 Å². The van der Waals surface area contributed by atoms with E-state index in [0.29, 0.717) is 11.1 Å². The van der Waals surface area contributed by atoms with Gasteiger partial charge in [0.05, 0.1) is 10.6 Å². The summed E-state index contributed by atoms with van der Waals surface area (Å²) in [5.41, 5.74) is 1.00. The van der Waals surface area contributed by atoms with Crippen LogP contribution in [0, 0.1) is 0 Å². The molecule has 0 radical (unpaired) electrons. The van der Waals surface area contributed by atoms with E-state index in [1.165, 1.54) is 18.2 Å². The van der Waals surface area contributed by atoms with Gasteiger partial charge in [-0.2, -0.15) is 0 Å². The van der Waals surface area contributed by atoms with Crippen molar-refractivity contribution in [3.05, 3.63) is 64.2 Å². The van der Waals surface area contributed by atoms with Crippen LogP contribution in [0.25, 0.3) is 0 Å². The minimum atomic E-state index is -4.06. The fraction of sp³-hybridized carbons (Fsp3) is 0.0714.